The zero-order chi connectivity index (χ0) is 20.7. The number of benzene rings is 1. The highest BCUT2D eigenvalue weighted by molar-refractivity contribution is 7.90. The summed E-state index contributed by atoms with van der Waals surface area (Å²) in [5.41, 5.74) is 0.340. The van der Waals surface area contributed by atoms with Crippen molar-refractivity contribution in [3.8, 4) is 0 Å². The third-order valence-electron chi connectivity index (χ3n) is 4.35. The third kappa shape index (κ3) is 6.33. The molecule has 0 fully saturated rings. The SMILES string of the molecule is CC(=O)N[C@H](C(=O)Nc1cccc(S(=O)(=O)NC2=NCCCCC2)c1)C(C)C. The van der Waals surface area contributed by atoms with E-state index in [4.69, 9.17) is 0 Å². The molecule has 1 aromatic carbocycles. The second-order valence-corrected chi connectivity index (χ2v) is 8.87. The summed E-state index contributed by atoms with van der Waals surface area (Å²) in [6.45, 7) is 5.60. The largest absolute Gasteiger partial charge is 0.344 e. The standard InChI is InChI=1S/C19H28N4O4S/c1-13(2)18(21-14(3)24)19(25)22-15-8-7-9-16(12-15)28(26,27)23-17-10-5-4-6-11-20-17/h7-9,12-13,18H,4-6,10-11H2,1-3H3,(H,20,23)(H,21,24)(H,22,25)/t18-/m0/s1. The van der Waals surface area contributed by atoms with Gasteiger partial charge in [-0.3, -0.25) is 19.3 Å². The van der Waals surface area contributed by atoms with E-state index in [9.17, 15) is 18.0 Å². The Morgan fingerprint density at radius 1 is 1.14 bits per heavy atom. The van der Waals surface area contributed by atoms with Gasteiger partial charge in [0.2, 0.25) is 11.8 Å². The molecule has 1 aliphatic rings. The third-order valence-corrected chi connectivity index (χ3v) is 5.73. The molecule has 2 rings (SSSR count). The van der Waals surface area contributed by atoms with Crippen molar-refractivity contribution in [3.63, 3.8) is 0 Å². The van der Waals surface area contributed by atoms with Gasteiger partial charge < -0.3 is 10.6 Å². The average molecular weight is 409 g/mol. The van der Waals surface area contributed by atoms with Crippen LogP contribution in [0.15, 0.2) is 34.2 Å². The summed E-state index contributed by atoms with van der Waals surface area (Å²) < 4.78 is 27.9. The van der Waals surface area contributed by atoms with Crippen LogP contribution in [0.25, 0.3) is 0 Å². The van der Waals surface area contributed by atoms with Gasteiger partial charge in [0.15, 0.2) is 0 Å². The lowest BCUT2D eigenvalue weighted by Crippen LogP contribution is -2.46. The van der Waals surface area contributed by atoms with Crippen molar-refractivity contribution in [1.29, 1.82) is 0 Å². The predicted octanol–water partition coefficient (Wildman–Crippen LogP) is 2.04. The monoisotopic (exact) mass is 408 g/mol. The smallest absolute Gasteiger partial charge is 0.262 e. The van der Waals surface area contributed by atoms with E-state index in [0.717, 1.165) is 19.3 Å². The van der Waals surface area contributed by atoms with Crippen molar-refractivity contribution in [3.05, 3.63) is 24.3 Å². The lowest BCUT2D eigenvalue weighted by atomic mass is 10.0. The van der Waals surface area contributed by atoms with Crippen LogP contribution >= 0.6 is 0 Å². The van der Waals surface area contributed by atoms with Gasteiger partial charge in [0.1, 0.15) is 11.9 Å². The van der Waals surface area contributed by atoms with E-state index < -0.39 is 22.0 Å². The molecule has 154 valence electrons. The molecule has 3 N–H and O–H groups in total. The van der Waals surface area contributed by atoms with Gasteiger partial charge in [0.25, 0.3) is 10.0 Å². The molecular formula is C19H28N4O4S. The topological polar surface area (TPSA) is 117 Å². The summed E-state index contributed by atoms with van der Waals surface area (Å²) in [5.74, 6) is -0.359. The van der Waals surface area contributed by atoms with E-state index in [-0.39, 0.29) is 16.7 Å². The van der Waals surface area contributed by atoms with Gasteiger partial charge >= 0.3 is 0 Å². The zero-order valence-corrected chi connectivity index (χ0v) is 17.3. The Hall–Kier alpha value is -2.42. The minimum atomic E-state index is -3.79. The van der Waals surface area contributed by atoms with Crippen LogP contribution < -0.4 is 15.4 Å². The van der Waals surface area contributed by atoms with Crippen LogP contribution in [0.4, 0.5) is 5.69 Å². The van der Waals surface area contributed by atoms with Gasteiger partial charge in [-0.1, -0.05) is 26.3 Å². The quantitative estimate of drug-likeness (QED) is 0.668. The summed E-state index contributed by atoms with van der Waals surface area (Å²) in [4.78, 5) is 28.2. The van der Waals surface area contributed by atoms with E-state index in [1.807, 2.05) is 13.8 Å². The van der Waals surface area contributed by atoms with Gasteiger partial charge in [-0.2, -0.15) is 0 Å². The summed E-state index contributed by atoms with van der Waals surface area (Å²) in [7, 11) is -3.79. The van der Waals surface area contributed by atoms with Gasteiger partial charge in [0.05, 0.1) is 4.90 Å². The summed E-state index contributed by atoms with van der Waals surface area (Å²) >= 11 is 0. The van der Waals surface area contributed by atoms with Gasteiger partial charge in [0, 0.05) is 25.6 Å². The van der Waals surface area contributed by atoms with Crippen LogP contribution in [0.2, 0.25) is 0 Å². The maximum atomic E-state index is 12.7. The lowest BCUT2D eigenvalue weighted by molar-refractivity contribution is -0.126. The van der Waals surface area contributed by atoms with Crippen molar-refractivity contribution in [2.75, 3.05) is 11.9 Å². The molecule has 1 heterocycles. The maximum Gasteiger partial charge on any atom is 0.262 e. The lowest BCUT2D eigenvalue weighted by Gasteiger charge is -2.21. The molecule has 0 unspecified atom stereocenters. The Morgan fingerprint density at radius 3 is 2.57 bits per heavy atom. The zero-order valence-electron chi connectivity index (χ0n) is 16.5. The van der Waals surface area contributed by atoms with Crippen molar-refractivity contribution in [2.45, 2.75) is 57.4 Å². The van der Waals surface area contributed by atoms with Crippen LogP contribution in [0.5, 0.6) is 0 Å². The Bertz CT molecular complexity index is 849. The molecule has 0 aromatic heterocycles. The first-order valence-electron chi connectivity index (χ1n) is 9.43. The minimum Gasteiger partial charge on any atom is -0.344 e. The molecule has 1 aliphatic heterocycles. The van der Waals surface area contributed by atoms with E-state index in [2.05, 4.69) is 20.3 Å². The van der Waals surface area contributed by atoms with E-state index in [1.54, 1.807) is 12.1 Å². The van der Waals surface area contributed by atoms with Crippen molar-refractivity contribution >= 4 is 33.4 Å². The number of sulfonamides is 1. The molecule has 0 spiro atoms. The summed E-state index contributed by atoms with van der Waals surface area (Å²) in [6.07, 6.45) is 3.49. The number of nitrogens with zero attached hydrogens (tertiary/aromatic N) is 1. The number of hydrogen-bond donors (Lipinski definition) is 3. The van der Waals surface area contributed by atoms with E-state index in [0.29, 0.717) is 24.5 Å². The highest BCUT2D eigenvalue weighted by Gasteiger charge is 2.24. The Kier molecular flexibility index (Phi) is 7.56. The maximum absolute atomic E-state index is 12.7. The molecule has 1 atom stereocenters. The fourth-order valence-corrected chi connectivity index (χ4v) is 4.02. The van der Waals surface area contributed by atoms with Crippen molar-refractivity contribution in [2.24, 2.45) is 10.9 Å². The molecule has 1 aromatic rings. The second-order valence-electron chi connectivity index (χ2n) is 7.18. The molecule has 0 bridgehead atoms. The number of amides is 2. The Morgan fingerprint density at radius 2 is 1.89 bits per heavy atom. The van der Waals surface area contributed by atoms with E-state index >= 15 is 0 Å². The van der Waals surface area contributed by atoms with Crippen molar-refractivity contribution in [1.82, 2.24) is 10.0 Å². The van der Waals surface area contributed by atoms with Crippen LogP contribution in [0, 0.1) is 5.92 Å². The number of aliphatic imine (C=N–C) groups is 1. The fraction of sp³-hybridized carbons (Fsp3) is 0.526. The number of nitrogens with one attached hydrogen (secondary N) is 3. The number of carbonyl (C=O) groups excluding carboxylic acids is 2. The highest BCUT2D eigenvalue weighted by Crippen LogP contribution is 2.17. The van der Waals surface area contributed by atoms with Crippen LogP contribution in [0.1, 0.15) is 46.5 Å². The number of amidine groups is 1. The number of rotatable bonds is 6. The Labute approximate surface area is 166 Å². The first-order valence-corrected chi connectivity index (χ1v) is 10.9. The molecule has 2 amide bonds. The number of hydrogen-bond acceptors (Lipinski definition) is 5. The summed E-state index contributed by atoms with van der Waals surface area (Å²) in [6, 6.07) is 5.30. The first-order chi connectivity index (χ1) is 13.2. The van der Waals surface area contributed by atoms with Crippen LogP contribution in [0.3, 0.4) is 0 Å². The number of carbonyl (C=O) groups is 2. The van der Waals surface area contributed by atoms with Gasteiger partial charge in [-0.25, -0.2) is 8.42 Å². The molecular weight excluding hydrogens is 380 g/mol. The molecule has 0 saturated carbocycles. The van der Waals surface area contributed by atoms with Gasteiger partial charge in [-0.05, 0) is 37.0 Å². The molecule has 28 heavy (non-hydrogen) atoms. The van der Waals surface area contributed by atoms with E-state index in [1.165, 1.54) is 19.1 Å². The normalized spacial score (nSPS) is 15.9. The predicted molar refractivity (Wildman–Crippen MR) is 109 cm³/mol. The second kappa shape index (κ2) is 9.68. The van der Waals surface area contributed by atoms with Crippen LogP contribution in [-0.2, 0) is 19.6 Å². The first kappa shape index (κ1) is 21.9. The van der Waals surface area contributed by atoms with Crippen LogP contribution in [-0.4, -0.2) is 38.7 Å². The van der Waals surface area contributed by atoms with Crippen molar-refractivity contribution < 1.29 is 18.0 Å². The average Bonchev–Trinajstić information content (AvgIpc) is 2.87. The van der Waals surface area contributed by atoms with Gasteiger partial charge in [-0.15, -0.1) is 0 Å². The molecule has 9 heteroatoms. The Balaban J connectivity index is 2.15. The minimum absolute atomic E-state index is 0.0397. The number of anilines is 1. The fourth-order valence-electron chi connectivity index (χ4n) is 2.89. The molecule has 0 saturated heterocycles. The molecule has 0 aliphatic carbocycles. The molecule has 8 nitrogen and oxygen atoms in total. The highest BCUT2D eigenvalue weighted by atomic mass is 32.2. The molecule has 0 radical (unpaired) electrons. The summed E-state index contributed by atoms with van der Waals surface area (Å²) in [5, 5.41) is 5.29.